The van der Waals surface area contributed by atoms with Crippen LogP contribution in [0.1, 0.15) is 56.7 Å². The fourth-order valence-electron chi connectivity index (χ4n) is 6.19. The predicted octanol–water partition coefficient (Wildman–Crippen LogP) is 10.7. The summed E-state index contributed by atoms with van der Waals surface area (Å²) in [6.07, 6.45) is 4.25. The van der Waals surface area contributed by atoms with Gasteiger partial charge in [-0.3, -0.25) is 9.59 Å². The normalized spacial score (nSPS) is 12.6. The van der Waals surface area contributed by atoms with Gasteiger partial charge in [0.1, 0.15) is 0 Å². The number of nitrogens with zero attached hydrogens (tertiary/aromatic N) is 1. The van der Waals surface area contributed by atoms with E-state index in [4.69, 9.17) is 0 Å². The maximum Gasteiger partial charge on any atom is 0.253 e. The number of nitrogens with one attached hydrogen (secondary N) is 4. The molecule has 1 aliphatic heterocycles. The molecule has 6 rings (SSSR count). The number of likely N-dealkylation sites (tertiary alicyclic amines) is 1. The quantitative estimate of drug-likeness (QED) is 0.0938. The fraction of sp³-hybridized carbons (Fsp3) is 0.256. The van der Waals surface area contributed by atoms with Crippen LogP contribution in [0.25, 0.3) is 0 Å². The Labute approximate surface area is 341 Å². The first-order chi connectivity index (χ1) is 26.9. The maximum atomic E-state index is 14.5. The molecule has 0 unspecified atom stereocenters. The lowest BCUT2D eigenvalue weighted by Gasteiger charge is -2.26. The molecule has 1 saturated heterocycles. The molecule has 0 saturated carbocycles. The summed E-state index contributed by atoms with van der Waals surface area (Å²) in [6.45, 7) is 7.37. The predicted molar refractivity (Wildman–Crippen MR) is 222 cm³/mol. The first-order valence-electron chi connectivity index (χ1n) is 18.3. The summed E-state index contributed by atoms with van der Waals surface area (Å²) in [6, 6.07) is 25.0. The highest BCUT2D eigenvalue weighted by Crippen LogP contribution is 2.31. The monoisotopic (exact) mass is 895 g/mol. The van der Waals surface area contributed by atoms with E-state index in [2.05, 4.69) is 58.0 Å². The minimum absolute atomic E-state index is 0.0503. The zero-order valence-corrected chi connectivity index (χ0v) is 34.2. The average molecular weight is 898 g/mol. The molecule has 1 heterocycles. The maximum absolute atomic E-state index is 14.5. The van der Waals surface area contributed by atoms with Gasteiger partial charge in [0.25, 0.3) is 11.8 Å². The van der Waals surface area contributed by atoms with E-state index in [-0.39, 0.29) is 22.5 Å². The smallest absolute Gasteiger partial charge is 0.253 e. The molecule has 56 heavy (non-hydrogen) atoms. The van der Waals surface area contributed by atoms with Gasteiger partial charge in [0.2, 0.25) is 0 Å². The molecule has 5 aromatic carbocycles. The minimum Gasteiger partial charge on any atom is -0.352 e. The molecule has 1 aliphatic rings. The van der Waals surface area contributed by atoms with Crippen molar-refractivity contribution in [2.75, 3.05) is 43.4 Å². The second-order valence-corrected chi connectivity index (χ2v) is 15.2. The van der Waals surface area contributed by atoms with Gasteiger partial charge in [0.05, 0.1) is 22.5 Å². The summed E-state index contributed by atoms with van der Waals surface area (Å²) >= 11 is 6.74. The third-order valence-corrected chi connectivity index (χ3v) is 10.3. The lowest BCUT2D eigenvalue weighted by molar-refractivity contribution is 0.0941. The van der Waals surface area contributed by atoms with Crippen molar-refractivity contribution in [3.8, 4) is 0 Å². The highest BCUT2D eigenvalue weighted by atomic mass is 79.9. The number of hydrogen-bond acceptors (Lipinski definition) is 5. The topological polar surface area (TPSA) is 85.5 Å². The first-order valence-corrected chi connectivity index (χ1v) is 19.8. The lowest BCUT2D eigenvalue weighted by atomic mass is 10.1. The number of amides is 2. The summed E-state index contributed by atoms with van der Waals surface area (Å²) < 4.78 is 58.4. The summed E-state index contributed by atoms with van der Waals surface area (Å²) in [5, 5.41) is 11.4. The highest BCUT2D eigenvalue weighted by molar-refractivity contribution is 9.10. The Morgan fingerprint density at radius 2 is 1.11 bits per heavy atom. The van der Waals surface area contributed by atoms with E-state index < -0.39 is 35.1 Å². The molecule has 0 bridgehead atoms. The first kappa shape index (κ1) is 42.4. The number of aryl methyl sites for hydroxylation is 2. The van der Waals surface area contributed by atoms with Gasteiger partial charge in [-0.25, -0.2) is 17.6 Å². The van der Waals surface area contributed by atoms with Crippen LogP contribution in [0.4, 0.5) is 40.3 Å². The van der Waals surface area contributed by atoms with Gasteiger partial charge in [0, 0.05) is 40.0 Å². The third kappa shape index (κ3) is 11.7. The molecular formula is C43H43Br2F4N5O2. The van der Waals surface area contributed by atoms with Crippen molar-refractivity contribution in [3.63, 3.8) is 0 Å². The molecule has 1 fully saturated rings. The van der Waals surface area contributed by atoms with Gasteiger partial charge in [0.15, 0.2) is 23.3 Å². The van der Waals surface area contributed by atoms with Crippen LogP contribution in [-0.2, 0) is 6.42 Å². The second-order valence-electron chi connectivity index (χ2n) is 13.4. The molecular weight excluding hydrogens is 854 g/mol. The number of hydrogen-bond donors (Lipinski definition) is 4. The van der Waals surface area contributed by atoms with Gasteiger partial charge in [-0.2, -0.15) is 0 Å². The molecule has 0 aliphatic carbocycles. The van der Waals surface area contributed by atoms with E-state index >= 15 is 0 Å². The third-order valence-electron chi connectivity index (χ3n) is 9.28. The SMILES string of the molecule is Cc1cc(Br)ccc1Nc1c(C(=O)NCCN2CCCCC2)ccc(F)c1F.Cc1cc(Br)ccc1Nc1c(C(=O)NCCc2ccccc2)ccc(F)c1F. The van der Waals surface area contributed by atoms with Crippen molar-refractivity contribution in [1.29, 1.82) is 0 Å². The summed E-state index contributed by atoms with van der Waals surface area (Å²) in [5.41, 5.74) is 3.75. The van der Waals surface area contributed by atoms with Crippen molar-refractivity contribution < 1.29 is 27.2 Å². The van der Waals surface area contributed by atoms with Crippen molar-refractivity contribution in [2.45, 2.75) is 39.5 Å². The van der Waals surface area contributed by atoms with Crippen molar-refractivity contribution in [3.05, 3.63) is 151 Å². The Balaban J connectivity index is 0.000000214. The molecule has 5 aromatic rings. The largest absolute Gasteiger partial charge is 0.352 e. The molecule has 0 aromatic heterocycles. The summed E-state index contributed by atoms with van der Waals surface area (Å²) in [5.74, 6) is -5.05. The van der Waals surface area contributed by atoms with Gasteiger partial charge < -0.3 is 26.2 Å². The zero-order valence-electron chi connectivity index (χ0n) is 31.1. The fourth-order valence-corrected chi connectivity index (χ4v) is 7.15. The Bertz CT molecular complexity index is 2150. The number of benzene rings is 5. The van der Waals surface area contributed by atoms with Crippen LogP contribution >= 0.6 is 31.9 Å². The van der Waals surface area contributed by atoms with E-state index in [1.54, 1.807) is 24.3 Å². The van der Waals surface area contributed by atoms with Gasteiger partial charge >= 0.3 is 0 Å². The Morgan fingerprint density at radius 1 is 0.625 bits per heavy atom. The molecule has 0 radical (unpaired) electrons. The van der Waals surface area contributed by atoms with Crippen molar-refractivity contribution in [2.24, 2.45) is 0 Å². The van der Waals surface area contributed by atoms with E-state index in [0.29, 0.717) is 30.9 Å². The number of carbonyl (C=O) groups excluding carboxylic acids is 2. The van der Waals surface area contributed by atoms with E-state index in [0.717, 1.165) is 57.4 Å². The Hall–Kier alpha value is -4.72. The van der Waals surface area contributed by atoms with Crippen LogP contribution in [0.3, 0.4) is 0 Å². The van der Waals surface area contributed by atoms with Crippen LogP contribution in [0.2, 0.25) is 0 Å². The molecule has 13 heteroatoms. The van der Waals surface area contributed by atoms with Crippen molar-refractivity contribution >= 4 is 66.4 Å². The summed E-state index contributed by atoms with van der Waals surface area (Å²) in [4.78, 5) is 27.5. The molecule has 0 spiro atoms. The summed E-state index contributed by atoms with van der Waals surface area (Å²) in [7, 11) is 0. The molecule has 2 amide bonds. The molecule has 0 atom stereocenters. The van der Waals surface area contributed by atoms with Gasteiger partial charge in [-0.15, -0.1) is 0 Å². The van der Waals surface area contributed by atoms with Gasteiger partial charge in [-0.1, -0.05) is 68.6 Å². The number of anilines is 4. The zero-order chi connectivity index (χ0) is 40.2. The van der Waals surface area contributed by atoms with E-state index in [1.807, 2.05) is 56.3 Å². The van der Waals surface area contributed by atoms with Crippen LogP contribution in [-0.4, -0.2) is 49.4 Å². The van der Waals surface area contributed by atoms with Gasteiger partial charge in [-0.05, 0) is 124 Å². The standard InChI is InChI=1S/C22H19BrF2N2O.C21H24BrF2N3O/c1-14-13-16(23)7-10-19(14)27-21-17(8-9-18(24)20(21)25)22(28)26-12-11-15-5-3-2-4-6-15;1-14-13-15(22)5-8-18(14)26-20-16(6-7-17(23)19(20)24)21(28)25-9-12-27-10-3-2-4-11-27/h2-10,13,27H,11-12H2,1H3,(H,26,28);5-8,13,26H,2-4,9-12H2,1H3,(H,25,28). The average Bonchev–Trinajstić information content (AvgIpc) is 3.18. The second kappa shape index (κ2) is 20.4. The van der Waals surface area contributed by atoms with E-state index in [1.165, 1.54) is 31.4 Å². The molecule has 7 nitrogen and oxygen atoms in total. The molecule has 4 N–H and O–H groups in total. The number of rotatable bonds is 12. The highest BCUT2D eigenvalue weighted by Gasteiger charge is 2.21. The van der Waals surface area contributed by atoms with Crippen LogP contribution < -0.4 is 21.3 Å². The minimum atomic E-state index is -1.09. The van der Waals surface area contributed by atoms with Crippen LogP contribution in [0.5, 0.6) is 0 Å². The number of piperidine rings is 1. The Morgan fingerprint density at radius 3 is 1.59 bits per heavy atom. The molecule has 294 valence electrons. The number of halogens is 6. The lowest BCUT2D eigenvalue weighted by Crippen LogP contribution is -2.37. The van der Waals surface area contributed by atoms with E-state index in [9.17, 15) is 27.2 Å². The van der Waals surface area contributed by atoms with Crippen molar-refractivity contribution in [1.82, 2.24) is 15.5 Å². The van der Waals surface area contributed by atoms with Crippen LogP contribution in [0, 0.1) is 37.1 Å². The van der Waals surface area contributed by atoms with Crippen LogP contribution in [0.15, 0.2) is 99.9 Å². The Kier molecular flexibility index (Phi) is 15.5. The number of carbonyl (C=O) groups is 2.